The molecule has 2 rings (SSSR count). The average Bonchev–Trinajstić information content (AvgIpc) is 2.69. The molecule has 0 saturated heterocycles. The Morgan fingerprint density at radius 3 is 2.35 bits per heavy atom. The normalized spacial score (nSPS) is 11.8. The van der Waals surface area contributed by atoms with E-state index in [1.165, 1.54) is 10.5 Å². The van der Waals surface area contributed by atoms with Crippen molar-refractivity contribution < 1.29 is 19.2 Å². The Bertz CT molecular complexity index is 685. The second-order valence-electron chi connectivity index (χ2n) is 6.64. The molecule has 0 aliphatic heterocycles. The first-order valence-electron chi connectivity index (χ1n) is 9.24. The summed E-state index contributed by atoms with van der Waals surface area (Å²) in [4.78, 5) is 13.6. The van der Waals surface area contributed by atoms with E-state index in [-0.39, 0.29) is 5.78 Å². The first-order chi connectivity index (χ1) is 12.6. The zero-order valence-corrected chi connectivity index (χ0v) is 16.1. The topological polar surface area (TPSA) is 40.0 Å². The van der Waals surface area contributed by atoms with Crippen LogP contribution in [-0.2, 0) is 6.42 Å². The molecule has 0 bridgehead atoms. The summed E-state index contributed by atoms with van der Waals surface area (Å²) < 4.78 is 10.6. The van der Waals surface area contributed by atoms with Gasteiger partial charge < -0.3 is 14.4 Å². The van der Waals surface area contributed by atoms with Crippen molar-refractivity contribution in [3.63, 3.8) is 0 Å². The number of hydrogen-bond acceptors (Lipinski definition) is 3. The lowest BCUT2D eigenvalue weighted by Gasteiger charge is -2.15. The summed E-state index contributed by atoms with van der Waals surface area (Å²) in [6.07, 6.45) is 3.64. The molecule has 26 heavy (non-hydrogen) atoms. The van der Waals surface area contributed by atoms with Crippen molar-refractivity contribution in [2.75, 3.05) is 34.4 Å². The van der Waals surface area contributed by atoms with Gasteiger partial charge in [0.25, 0.3) is 0 Å². The summed E-state index contributed by atoms with van der Waals surface area (Å²) in [6, 6.07) is 15.6. The summed E-state index contributed by atoms with van der Waals surface area (Å²) in [5, 5.41) is 0. The third kappa shape index (κ3) is 6.19. The molecule has 1 unspecified atom stereocenters. The number of Topliss-reactive ketones (excluding diaryl/α,β-unsaturated/α-hetero) is 1. The van der Waals surface area contributed by atoms with E-state index in [4.69, 9.17) is 9.47 Å². The molecule has 0 radical (unpaired) electrons. The van der Waals surface area contributed by atoms with E-state index < -0.39 is 0 Å². The average molecular weight is 356 g/mol. The van der Waals surface area contributed by atoms with Crippen LogP contribution < -0.4 is 14.4 Å². The number of carbonyl (C=O) groups is 1. The summed E-state index contributed by atoms with van der Waals surface area (Å²) in [6.45, 7) is 2.14. The second kappa shape index (κ2) is 10.6. The maximum Gasteiger partial charge on any atom is 0.162 e. The third-order valence-electron chi connectivity index (χ3n) is 4.64. The second-order valence-corrected chi connectivity index (χ2v) is 6.64. The van der Waals surface area contributed by atoms with Gasteiger partial charge in [0.1, 0.15) is 0 Å². The molecule has 0 saturated carbocycles. The molecule has 4 nitrogen and oxygen atoms in total. The Kier molecular flexibility index (Phi) is 8.16. The molecule has 4 heteroatoms. The number of ether oxygens (including phenoxy) is 2. The molecule has 0 amide bonds. The number of methoxy groups -OCH3 is 2. The summed E-state index contributed by atoms with van der Waals surface area (Å²) in [5.41, 5.74) is 2.07. The Hall–Kier alpha value is -2.33. The van der Waals surface area contributed by atoms with Gasteiger partial charge in [0.05, 0.1) is 34.4 Å². The SMILES string of the molecule is COc1ccc(CC[NH+](C)CCCCC(=O)c2ccccc2)cc1OC. The Morgan fingerprint density at radius 2 is 1.65 bits per heavy atom. The molecule has 140 valence electrons. The van der Waals surface area contributed by atoms with Crippen LogP contribution in [0.2, 0.25) is 0 Å². The third-order valence-corrected chi connectivity index (χ3v) is 4.64. The van der Waals surface area contributed by atoms with E-state index in [0.29, 0.717) is 6.42 Å². The van der Waals surface area contributed by atoms with E-state index in [1.54, 1.807) is 14.2 Å². The number of quaternary nitrogens is 1. The Labute approximate surface area is 156 Å². The van der Waals surface area contributed by atoms with Gasteiger partial charge >= 0.3 is 0 Å². The van der Waals surface area contributed by atoms with Gasteiger partial charge in [0.15, 0.2) is 17.3 Å². The standard InChI is InChI=1S/C22H29NO3/c1-23(15-8-7-11-20(24)19-9-5-4-6-10-19)16-14-18-12-13-21(25-2)22(17-18)26-3/h4-6,9-10,12-13,17H,7-8,11,14-16H2,1-3H3/p+1. The Morgan fingerprint density at radius 1 is 0.923 bits per heavy atom. The largest absolute Gasteiger partial charge is 0.493 e. The highest BCUT2D eigenvalue weighted by atomic mass is 16.5. The van der Waals surface area contributed by atoms with Crippen molar-refractivity contribution in [3.8, 4) is 11.5 Å². The lowest BCUT2D eigenvalue weighted by Crippen LogP contribution is -3.09. The van der Waals surface area contributed by atoms with Crippen molar-refractivity contribution >= 4 is 5.78 Å². The maximum absolute atomic E-state index is 12.1. The lowest BCUT2D eigenvalue weighted by molar-refractivity contribution is -0.879. The van der Waals surface area contributed by atoms with Gasteiger partial charge in [-0.15, -0.1) is 0 Å². The van der Waals surface area contributed by atoms with Crippen molar-refractivity contribution in [1.82, 2.24) is 0 Å². The molecular formula is C22H30NO3+. The van der Waals surface area contributed by atoms with Crippen molar-refractivity contribution in [1.29, 1.82) is 0 Å². The maximum atomic E-state index is 12.1. The molecule has 0 aliphatic carbocycles. The first kappa shape index (κ1) is 20.0. The lowest BCUT2D eigenvalue weighted by atomic mass is 10.1. The quantitative estimate of drug-likeness (QED) is 0.497. The summed E-state index contributed by atoms with van der Waals surface area (Å²) in [7, 11) is 5.52. The number of rotatable bonds is 11. The fourth-order valence-corrected chi connectivity index (χ4v) is 3.00. The molecule has 2 aromatic carbocycles. The molecule has 0 heterocycles. The smallest absolute Gasteiger partial charge is 0.162 e. The monoisotopic (exact) mass is 356 g/mol. The van der Waals surface area contributed by atoms with Crippen LogP contribution in [0.25, 0.3) is 0 Å². The highest BCUT2D eigenvalue weighted by Gasteiger charge is 2.08. The number of ketones is 1. The number of benzene rings is 2. The highest BCUT2D eigenvalue weighted by molar-refractivity contribution is 5.95. The van der Waals surface area contributed by atoms with Gasteiger partial charge in [0, 0.05) is 18.4 Å². The van der Waals surface area contributed by atoms with Crippen LogP contribution in [0, 0.1) is 0 Å². The van der Waals surface area contributed by atoms with Gasteiger partial charge in [-0.2, -0.15) is 0 Å². The molecule has 2 aromatic rings. The minimum atomic E-state index is 0.244. The Balaban J connectivity index is 1.67. The van der Waals surface area contributed by atoms with Crippen molar-refractivity contribution in [2.45, 2.75) is 25.7 Å². The van der Waals surface area contributed by atoms with E-state index in [1.807, 2.05) is 42.5 Å². The van der Waals surface area contributed by atoms with Crippen LogP contribution in [0.3, 0.4) is 0 Å². The zero-order valence-electron chi connectivity index (χ0n) is 16.1. The van der Waals surface area contributed by atoms with E-state index >= 15 is 0 Å². The highest BCUT2D eigenvalue weighted by Crippen LogP contribution is 2.27. The van der Waals surface area contributed by atoms with Gasteiger partial charge in [-0.05, 0) is 30.5 Å². The molecule has 0 aromatic heterocycles. The minimum Gasteiger partial charge on any atom is -0.493 e. The van der Waals surface area contributed by atoms with Crippen LogP contribution >= 0.6 is 0 Å². The molecular weight excluding hydrogens is 326 g/mol. The zero-order chi connectivity index (χ0) is 18.8. The predicted molar refractivity (Wildman–Crippen MR) is 104 cm³/mol. The van der Waals surface area contributed by atoms with Crippen LogP contribution in [0.4, 0.5) is 0 Å². The predicted octanol–water partition coefficient (Wildman–Crippen LogP) is 2.81. The van der Waals surface area contributed by atoms with E-state index in [9.17, 15) is 4.79 Å². The minimum absolute atomic E-state index is 0.244. The van der Waals surface area contributed by atoms with Gasteiger partial charge in [-0.25, -0.2) is 0 Å². The fourth-order valence-electron chi connectivity index (χ4n) is 3.00. The van der Waals surface area contributed by atoms with Gasteiger partial charge in [-0.3, -0.25) is 4.79 Å². The van der Waals surface area contributed by atoms with Crippen molar-refractivity contribution in [2.24, 2.45) is 0 Å². The van der Waals surface area contributed by atoms with E-state index in [0.717, 1.165) is 49.4 Å². The molecule has 0 aliphatic rings. The summed E-state index contributed by atoms with van der Waals surface area (Å²) in [5.74, 6) is 1.79. The first-order valence-corrected chi connectivity index (χ1v) is 9.24. The molecule has 0 fully saturated rings. The summed E-state index contributed by atoms with van der Waals surface area (Å²) >= 11 is 0. The van der Waals surface area contributed by atoms with Crippen molar-refractivity contribution in [3.05, 3.63) is 59.7 Å². The number of carbonyl (C=O) groups excluding carboxylic acids is 1. The molecule has 0 spiro atoms. The van der Waals surface area contributed by atoms with Crippen LogP contribution in [0.5, 0.6) is 11.5 Å². The molecule has 1 N–H and O–H groups in total. The van der Waals surface area contributed by atoms with Crippen LogP contribution in [0.1, 0.15) is 35.2 Å². The van der Waals surface area contributed by atoms with E-state index in [2.05, 4.69) is 13.1 Å². The number of hydrogen-bond donors (Lipinski definition) is 1. The van der Waals surface area contributed by atoms with Gasteiger partial charge in [0.2, 0.25) is 0 Å². The molecule has 1 atom stereocenters. The van der Waals surface area contributed by atoms with Gasteiger partial charge in [-0.1, -0.05) is 36.4 Å². The number of likely N-dealkylation sites (N-methyl/N-ethyl adjacent to an activating group) is 1. The number of nitrogens with one attached hydrogen (secondary N) is 1. The van der Waals surface area contributed by atoms with Crippen LogP contribution in [-0.4, -0.2) is 40.1 Å². The van der Waals surface area contributed by atoms with Crippen LogP contribution in [0.15, 0.2) is 48.5 Å². The number of unbranched alkanes of at least 4 members (excludes halogenated alkanes) is 1. The fraction of sp³-hybridized carbons (Fsp3) is 0.409.